The summed E-state index contributed by atoms with van der Waals surface area (Å²) in [7, 11) is 0. The highest BCUT2D eigenvalue weighted by molar-refractivity contribution is 5.54. The minimum Gasteiger partial charge on any atom is -0.494 e. The number of anilines is 1. The van der Waals surface area contributed by atoms with Crippen LogP contribution < -0.4 is 10.1 Å². The van der Waals surface area contributed by atoms with E-state index in [2.05, 4.69) is 44.3 Å². The van der Waals surface area contributed by atoms with E-state index in [0.717, 1.165) is 24.2 Å². The smallest absolute Gasteiger partial charge is 0.119 e. The maximum atomic E-state index is 5.55. The fourth-order valence-electron chi connectivity index (χ4n) is 3.24. The molecule has 1 aromatic rings. The lowest BCUT2D eigenvalue weighted by atomic mass is 9.79. The molecule has 20 heavy (non-hydrogen) atoms. The molecule has 2 heteroatoms. The second-order valence-electron chi connectivity index (χ2n) is 6.42. The largest absolute Gasteiger partial charge is 0.494 e. The van der Waals surface area contributed by atoms with Gasteiger partial charge in [0, 0.05) is 11.7 Å². The zero-order valence-electron chi connectivity index (χ0n) is 13.4. The van der Waals surface area contributed by atoms with Crippen LogP contribution in [0.4, 0.5) is 5.69 Å². The van der Waals surface area contributed by atoms with Crippen LogP contribution in [-0.4, -0.2) is 12.6 Å². The van der Waals surface area contributed by atoms with Gasteiger partial charge in [0.25, 0.3) is 0 Å². The first-order chi connectivity index (χ1) is 9.60. The topological polar surface area (TPSA) is 21.3 Å². The zero-order chi connectivity index (χ0) is 14.5. The van der Waals surface area contributed by atoms with Crippen molar-refractivity contribution in [2.24, 2.45) is 11.8 Å². The molecule has 1 N–H and O–H groups in total. The van der Waals surface area contributed by atoms with Crippen molar-refractivity contribution in [1.82, 2.24) is 0 Å². The Kier molecular flexibility index (Phi) is 5.33. The fourth-order valence-corrected chi connectivity index (χ4v) is 3.24. The Balaban J connectivity index is 1.99. The van der Waals surface area contributed by atoms with Crippen molar-refractivity contribution in [2.45, 2.75) is 59.4 Å². The Labute approximate surface area is 123 Å². The molecule has 0 spiro atoms. The van der Waals surface area contributed by atoms with Crippen molar-refractivity contribution in [1.29, 1.82) is 0 Å². The van der Waals surface area contributed by atoms with Crippen LogP contribution in [0.2, 0.25) is 0 Å². The minimum absolute atomic E-state index is 0.632. The van der Waals surface area contributed by atoms with Crippen molar-refractivity contribution in [2.75, 3.05) is 11.9 Å². The Morgan fingerprint density at radius 2 is 2.10 bits per heavy atom. The van der Waals surface area contributed by atoms with Gasteiger partial charge in [0.05, 0.1) is 6.61 Å². The lowest BCUT2D eigenvalue weighted by Gasteiger charge is -2.33. The first kappa shape index (κ1) is 15.2. The Morgan fingerprint density at radius 3 is 2.75 bits per heavy atom. The molecule has 1 aliphatic rings. The Hall–Kier alpha value is -1.18. The average Bonchev–Trinajstić information content (AvgIpc) is 2.42. The molecule has 0 aromatic heterocycles. The number of benzene rings is 1. The molecule has 2 rings (SSSR count). The standard InChI is InChI=1S/C18H29NO/c1-5-20-17-9-10-18(14(4)11-17)19-16-8-6-7-15(12-16)13(2)3/h9-11,13,15-16,19H,5-8,12H2,1-4H3. The van der Waals surface area contributed by atoms with Crippen LogP contribution in [0, 0.1) is 18.8 Å². The molecule has 2 unspecified atom stereocenters. The van der Waals surface area contributed by atoms with Crippen LogP contribution in [-0.2, 0) is 0 Å². The summed E-state index contributed by atoms with van der Waals surface area (Å²) in [4.78, 5) is 0. The summed E-state index contributed by atoms with van der Waals surface area (Å²) < 4.78 is 5.55. The molecular weight excluding hydrogens is 246 g/mol. The van der Waals surface area contributed by atoms with Gasteiger partial charge in [0.1, 0.15) is 5.75 Å². The summed E-state index contributed by atoms with van der Waals surface area (Å²) in [5, 5.41) is 3.75. The van der Waals surface area contributed by atoms with E-state index in [1.807, 2.05) is 6.92 Å². The molecule has 0 amide bonds. The molecule has 1 aliphatic carbocycles. The van der Waals surface area contributed by atoms with E-state index in [4.69, 9.17) is 4.74 Å². The van der Waals surface area contributed by atoms with Gasteiger partial charge in [0.2, 0.25) is 0 Å². The molecule has 0 aliphatic heterocycles. The quantitative estimate of drug-likeness (QED) is 0.814. The maximum absolute atomic E-state index is 5.55. The minimum atomic E-state index is 0.632. The van der Waals surface area contributed by atoms with Gasteiger partial charge in [-0.25, -0.2) is 0 Å². The van der Waals surface area contributed by atoms with E-state index in [0.29, 0.717) is 6.04 Å². The summed E-state index contributed by atoms with van der Waals surface area (Å²) in [6.07, 6.45) is 5.37. The van der Waals surface area contributed by atoms with E-state index in [1.54, 1.807) is 0 Å². The van der Waals surface area contributed by atoms with Crippen LogP contribution in [0.25, 0.3) is 0 Å². The predicted octanol–water partition coefficient (Wildman–Crippen LogP) is 5.02. The SMILES string of the molecule is CCOc1ccc(NC2CCCC(C(C)C)C2)c(C)c1. The highest BCUT2D eigenvalue weighted by Crippen LogP contribution is 2.32. The van der Waals surface area contributed by atoms with Crippen LogP contribution in [0.1, 0.15) is 52.0 Å². The summed E-state index contributed by atoms with van der Waals surface area (Å²) in [6.45, 7) is 9.62. The first-order valence-corrected chi connectivity index (χ1v) is 8.10. The monoisotopic (exact) mass is 275 g/mol. The van der Waals surface area contributed by atoms with Crippen LogP contribution in [0.3, 0.4) is 0 Å². The first-order valence-electron chi connectivity index (χ1n) is 8.10. The van der Waals surface area contributed by atoms with Crippen molar-refractivity contribution in [3.05, 3.63) is 23.8 Å². The molecule has 0 saturated heterocycles. The lowest BCUT2D eigenvalue weighted by molar-refractivity contribution is 0.264. The lowest BCUT2D eigenvalue weighted by Crippen LogP contribution is -2.29. The van der Waals surface area contributed by atoms with Crippen molar-refractivity contribution in [3.63, 3.8) is 0 Å². The van der Waals surface area contributed by atoms with Crippen LogP contribution in [0.5, 0.6) is 5.75 Å². The fraction of sp³-hybridized carbons (Fsp3) is 0.667. The highest BCUT2D eigenvalue weighted by Gasteiger charge is 2.24. The number of aryl methyl sites for hydroxylation is 1. The van der Waals surface area contributed by atoms with Gasteiger partial charge in [-0.2, -0.15) is 0 Å². The number of ether oxygens (including phenoxy) is 1. The van der Waals surface area contributed by atoms with E-state index >= 15 is 0 Å². The Bertz CT molecular complexity index is 427. The predicted molar refractivity (Wildman–Crippen MR) is 86.6 cm³/mol. The molecule has 0 heterocycles. The molecule has 0 bridgehead atoms. The van der Waals surface area contributed by atoms with Gasteiger partial charge in [0.15, 0.2) is 0 Å². The molecule has 1 saturated carbocycles. The second kappa shape index (κ2) is 7.01. The number of hydrogen-bond acceptors (Lipinski definition) is 2. The van der Waals surface area contributed by atoms with Gasteiger partial charge in [-0.3, -0.25) is 0 Å². The molecule has 2 nitrogen and oxygen atoms in total. The van der Waals surface area contributed by atoms with E-state index in [1.165, 1.54) is 36.9 Å². The van der Waals surface area contributed by atoms with Crippen molar-refractivity contribution >= 4 is 5.69 Å². The molecular formula is C18H29NO. The van der Waals surface area contributed by atoms with Gasteiger partial charge < -0.3 is 10.1 Å². The number of hydrogen-bond donors (Lipinski definition) is 1. The van der Waals surface area contributed by atoms with Crippen LogP contribution in [0.15, 0.2) is 18.2 Å². The third-order valence-electron chi connectivity index (χ3n) is 4.53. The van der Waals surface area contributed by atoms with Gasteiger partial charge in [-0.05, 0) is 62.3 Å². The van der Waals surface area contributed by atoms with Crippen molar-refractivity contribution in [3.8, 4) is 5.75 Å². The summed E-state index contributed by atoms with van der Waals surface area (Å²) in [5.74, 6) is 2.66. The van der Waals surface area contributed by atoms with Gasteiger partial charge in [-0.15, -0.1) is 0 Å². The third kappa shape index (κ3) is 3.91. The molecule has 112 valence electrons. The van der Waals surface area contributed by atoms with E-state index in [9.17, 15) is 0 Å². The average molecular weight is 275 g/mol. The summed E-state index contributed by atoms with van der Waals surface area (Å²) in [6, 6.07) is 7.00. The molecule has 1 fully saturated rings. The Morgan fingerprint density at radius 1 is 1.30 bits per heavy atom. The maximum Gasteiger partial charge on any atom is 0.119 e. The molecule has 0 radical (unpaired) electrons. The number of nitrogens with one attached hydrogen (secondary N) is 1. The summed E-state index contributed by atoms with van der Waals surface area (Å²) in [5.41, 5.74) is 2.55. The van der Waals surface area contributed by atoms with Gasteiger partial charge >= 0.3 is 0 Å². The van der Waals surface area contributed by atoms with E-state index < -0.39 is 0 Å². The van der Waals surface area contributed by atoms with E-state index in [-0.39, 0.29) is 0 Å². The van der Waals surface area contributed by atoms with Crippen molar-refractivity contribution < 1.29 is 4.74 Å². The normalized spacial score (nSPS) is 22.9. The summed E-state index contributed by atoms with van der Waals surface area (Å²) >= 11 is 0. The number of rotatable bonds is 5. The second-order valence-corrected chi connectivity index (χ2v) is 6.42. The zero-order valence-corrected chi connectivity index (χ0v) is 13.4. The van der Waals surface area contributed by atoms with Gasteiger partial charge in [-0.1, -0.05) is 26.7 Å². The molecule has 2 atom stereocenters. The van der Waals surface area contributed by atoms with Crippen LogP contribution >= 0.6 is 0 Å². The molecule has 1 aromatic carbocycles. The third-order valence-corrected chi connectivity index (χ3v) is 4.53. The highest BCUT2D eigenvalue weighted by atomic mass is 16.5.